The van der Waals surface area contributed by atoms with E-state index in [9.17, 15) is 14.4 Å². The fourth-order valence-corrected chi connectivity index (χ4v) is 3.44. The first kappa shape index (κ1) is 19.2. The number of nitrogens with two attached hydrogens (primary N) is 1. The van der Waals surface area contributed by atoms with Gasteiger partial charge in [-0.3, -0.25) is 14.5 Å². The van der Waals surface area contributed by atoms with Crippen LogP contribution in [-0.2, 0) is 16.1 Å². The Morgan fingerprint density at radius 1 is 1.36 bits per heavy atom. The number of carbonyl (C=O) groups excluding carboxylic acids is 3. The first-order valence-electron chi connectivity index (χ1n) is 8.15. The van der Waals surface area contributed by atoms with Crippen LogP contribution < -0.4 is 16.4 Å². The first-order chi connectivity index (χ1) is 11.9. The predicted octanol–water partition coefficient (Wildman–Crippen LogP) is 0.577. The fraction of sp³-hybridized carbons (Fsp3) is 0.562. The van der Waals surface area contributed by atoms with E-state index in [1.165, 1.54) is 7.05 Å². The molecule has 0 atom stereocenters. The van der Waals surface area contributed by atoms with E-state index in [4.69, 9.17) is 10.5 Å². The highest BCUT2D eigenvalue weighted by molar-refractivity contribution is 7.18. The molecule has 0 bridgehead atoms. The van der Waals surface area contributed by atoms with E-state index in [0.29, 0.717) is 10.4 Å². The van der Waals surface area contributed by atoms with Crippen LogP contribution in [0.3, 0.4) is 0 Å². The van der Waals surface area contributed by atoms with Crippen LogP contribution >= 0.6 is 11.3 Å². The molecule has 0 aliphatic heterocycles. The molecule has 138 valence electrons. The topological polar surface area (TPSA) is 114 Å². The maximum absolute atomic E-state index is 12.2. The summed E-state index contributed by atoms with van der Waals surface area (Å²) in [5.74, 6) is -0.956. The van der Waals surface area contributed by atoms with Crippen LogP contribution in [0.4, 0.5) is 5.00 Å². The minimum atomic E-state index is -0.558. The van der Waals surface area contributed by atoms with Crippen LogP contribution in [0, 0.1) is 0 Å². The van der Waals surface area contributed by atoms with Crippen molar-refractivity contribution in [3.63, 3.8) is 0 Å². The number of likely N-dealkylation sites (N-methyl/N-ethyl adjacent to an activating group) is 1. The second-order valence-electron chi connectivity index (χ2n) is 5.96. The molecule has 1 fully saturated rings. The molecule has 1 aromatic heterocycles. The van der Waals surface area contributed by atoms with Gasteiger partial charge in [0.1, 0.15) is 5.00 Å². The lowest BCUT2D eigenvalue weighted by Crippen LogP contribution is -2.36. The third-order valence-electron chi connectivity index (χ3n) is 3.73. The molecule has 1 aromatic rings. The van der Waals surface area contributed by atoms with Crippen molar-refractivity contribution >= 4 is 34.1 Å². The predicted molar refractivity (Wildman–Crippen MR) is 95.6 cm³/mol. The van der Waals surface area contributed by atoms with Crippen LogP contribution in [0.5, 0.6) is 0 Å². The molecule has 2 rings (SSSR count). The summed E-state index contributed by atoms with van der Waals surface area (Å²) in [4.78, 5) is 38.4. The number of hydrogen-bond acceptors (Lipinski definition) is 7. The van der Waals surface area contributed by atoms with Gasteiger partial charge in [-0.1, -0.05) is 0 Å². The van der Waals surface area contributed by atoms with Crippen molar-refractivity contribution in [3.8, 4) is 0 Å². The maximum atomic E-state index is 12.2. The number of esters is 1. The van der Waals surface area contributed by atoms with Gasteiger partial charge in [-0.05, 0) is 26.8 Å². The molecule has 1 aliphatic rings. The number of amides is 2. The molecule has 0 aromatic carbocycles. The van der Waals surface area contributed by atoms with Gasteiger partial charge < -0.3 is 21.1 Å². The summed E-state index contributed by atoms with van der Waals surface area (Å²) in [6.07, 6.45) is 2.04. The zero-order valence-electron chi connectivity index (χ0n) is 14.7. The average Bonchev–Trinajstić information content (AvgIpc) is 3.29. The van der Waals surface area contributed by atoms with Gasteiger partial charge in [0, 0.05) is 25.2 Å². The van der Waals surface area contributed by atoms with Gasteiger partial charge in [0.25, 0.3) is 5.91 Å². The Hall–Kier alpha value is -2.13. The molecule has 0 saturated heterocycles. The monoisotopic (exact) mass is 368 g/mol. The lowest BCUT2D eigenvalue weighted by atomic mass is 10.1. The van der Waals surface area contributed by atoms with Crippen molar-refractivity contribution in [1.82, 2.24) is 15.5 Å². The van der Waals surface area contributed by atoms with Gasteiger partial charge in [0.15, 0.2) is 0 Å². The van der Waals surface area contributed by atoms with Crippen molar-refractivity contribution in [2.45, 2.75) is 32.4 Å². The van der Waals surface area contributed by atoms with Gasteiger partial charge in [-0.15, -0.1) is 11.3 Å². The Balaban J connectivity index is 2.21. The van der Waals surface area contributed by atoms with E-state index in [1.807, 2.05) is 0 Å². The molecule has 25 heavy (non-hydrogen) atoms. The molecule has 0 radical (unpaired) electrons. The second-order valence-corrected chi connectivity index (χ2v) is 7.01. The van der Waals surface area contributed by atoms with Crippen LogP contribution in [0.15, 0.2) is 0 Å². The highest BCUT2D eigenvalue weighted by Gasteiger charge is 2.28. The number of nitrogens with zero attached hydrogens (tertiary/aromatic N) is 1. The van der Waals surface area contributed by atoms with Crippen LogP contribution in [0.1, 0.15) is 45.4 Å². The second kappa shape index (κ2) is 8.30. The fourth-order valence-electron chi connectivity index (χ4n) is 2.43. The number of nitrogens with one attached hydrogen (secondary N) is 2. The Morgan fingerprint density at radius 2 is 2.04 bits per heavy atom. The maximum Gasteiger partial charge on any atom is 0.341 e. The van der Waals surface area contributed by atoms with E-state index in [1.54, 1.807) is 18.9 Å². The number of nitrogen functional groups attached to an aromatic ring is 1. The summed E-state index contributed by atoms with van der Waals surface area (Å²) in [6, 6.07) is 0.286. The highest BCUT2D eigenvalue weighted by Crippen LogP contribution is 2.32. The molecule has 1 aliphatic carbocycles. The number of hydrogen-bond donors (Lipinski definition) is 3. The first-order valence-corrected chi connectivity index (χ1v) is 8.97. The molecule has 0 unspecified atom stereocenters. The van der Waals surface area contributed by atoms with E-state index in [-0.39, 0.29) is 48.1 Å². The minimum absolute atomic E-state index is 0.0765. The summed E-state index contributed by atoms with van der Waals surface area (Å²) in [5.41, 5.74) is 6.65. The molecule has 8 nitrogen and oxygen atoms in total. The number of thiophene rings is 1. The van der Waals surface area contributed by atoms with Crippen molar-refractivity contribution in [1.29, 1.82) is 0 Å². The molecular weight excluding hydrogens is 344 g/mol. The highest BCUT2D eigenvalue weighted by atomic mass is 32.1. The zero-order valence-corrected chi connectivity index (χ0v) is 15.5. The van der Waals surface area contributed by atoms with E-state index >= 15 is 0 Å². The Kier molecular flexibility index (Phi) is 6.38. The summed E-state index contributed by atoms with van der Waals surface area (Å²) < 4.78 is 5.06. The molecule has 0 spiro atoms. The molecule has 9 heteroatoms. The summed E-state index contributed by atoms with van der Waals surface area (Å²) in [7, 11) is 3.27. The third kappa shape index (κ3) is 4.93. The van der Waals surface area contributed by atoms with Gasteiger partial charge in [-0.25, -0.2) is 4.79 Å². The Labute approximate surface area is 150 Å². The lowest BCUT2D eigenvalue weighted by molar-refractivity contribution is -0.122. The summed E-state index contributed by atoms with van der Waals surface area (Å²) in [5, 5.41) is 5.69. The van der Waals surface area contributed by atoms with Gasteiger partial charge in [0.2, 0.25) is 5.91 Å². The van der Waals surface area contributed by atoms with Gasteiger partial charge in [-0.2, -0.15) is 0 Å². The van der Waals surface area contributed by atoms with Crippen molar-refractivity contribution in [2.75, 3.05) is 33.0 Å². The number of rotatable bonds is 8. The Morgan fingerprint density at radius 3 is 2.60 bits per heavy atom. The smallest absolute Gasteiger partial charge is 0.341 e. The third-order valence-corrected chi connectivity index (χ3v) is 4.79. The van der Waals surface area contributed by atoms with Crippen molar-refractivity contribution < 1.29 is 19.1 Å². The largest absolute Gasteiger partial charge is 0.462 e. The van der Waals surface area contributed by atoms with E-state index in [0.717, 1.165) is 24.2 Å². The van der Waals surface area contributed by atoms with E-state index < -0.39 is 5.97 Å². The quantitative estimate of drug-likeness (QED) is 0.578. The van der Waals surface area contributed by atoms with Gasteiger partial charge >= 0.3 is 5.97 Å². The molecule has 2 amide bonds. The lowest BCUT2D eigenvalue weighted by Gasteiger charge is -2.17. The Bertz CT molecular complexity index is 669. The molecular formula is C16H24N4O4S. The van der Waals surface area contributed by atoms with Crippen LogP contribution in [0.2, 0.25) is 0 Å². The molecule has 1 heterocycles. The van der Waals surface area contributed by atoms with E-state index in [2.05, 4.69) is 10.6 Å². The normalized spacial score (nSPS) is 13.6. The zero-order chi connectivity index (χ0) is 18.6. The van der Waals surface area contributed by atoms with Crippen molar-refractivity contribution in [3.05, 3.63) is 16.0 Å². The van der Waals surface area contributed by atoms with Crippen molar-refractivity contribution in [2.24, 2.45) is 0 Å². The standard InChI is InChI=1S/C16H24N4O4S/c1-4-24-16(23)12-10(13(15(22)18-2)25-14(12)17)7-20(3)8-11(21)19-9-5-6-9/h9H,4-8,17H2,1-3H3,(H,18,22)(H,19,21). The average molecular weight is 368 g/mol. The SMILES string of the molecule is CCOC(=O)c1c(N)sc(C(=O)NC)c1CN(C)CC(=O)NC1CC1. The molecule has 1 saturated carbocycles. The summed E-state index contributed by atoms with van der Waals surface area (Å²) in [6.45, 7) is 2.32. The van der Waals surface area contributed by atoms with Gasteiger partial charge in [0.05, 0.1) is 23.6 Å². The number of anilines is 1. The number of ether oxygens (including phenoxy) is 1. The van der Waals surface area contributed by atoms with Crippen LogP contribution in [-0.4, -0.2) is 56.0 Å². The minimum Gasteiger partial charge on any atom is -0.462 e. The number of carbonyl (C=O) groups is 3. The summed E-state index contributed by atoms with van der Waals surface area (Å²) >= 11 is 1.05. The molecule has 4 N–H and O–H groups in total. The van der Waals surface area contributed by atoms with Crippen LogP contribution in [0.25, 0.3) is 0 Å².